The van der Waals surface area contributed by atoms with Crippen molar-refractivity contribution >= 4 is 22.6 Å². The molecule has 3 heteroatoms. The highest BCUT2D eigenvalue weighted by Gasteiger charge is 2.01. The molecule has 0 saturated carbocycles. The lowest BCUT2D eigenvalue weighted by Crippen LogP contribution is -1.87. The van der Waals surface area contributed by atoms with Gasteiger partial charge in [-0.2, -0.15) is 0 Å². The smallest absolute Gasteiger partial charge is 0.0901 e. The summed E-state index contributed by atoms with van der Waals surface area (Å²) in [6.45, 7) is 2.07. The number of halogens is 1. The molecule has 0 N–H and O–H groups in total. The van der Waals surface area contributed by atoms with Crippen LogP contribution in [0.5, 0.6) is 0 Å². The van der Waals surface area contributed by atoms with Crippen LogP contribution in [0.15, 0.2) is 24.5 Å². The third kappa shape index (κ3) is 1.49. The van der Waals surface area contributed by atoms with E-state index in [0.29, 0.717) is 0 Å². The lowest BCUT2D eigenvalue weighted by Gasteiger charge is -2.02. The SMILES string of the molecule is CCc1cc2nccnc2cc1Cl. The molecule has 0 fully saturated rings. The van der Waals surface area contributed by atoms with Crippen LogP contribution in [-0.4, -0.2) is 9.97 Å². The third-order valence-electron chi connectivity index (χ3n) is 2.02. The predicted octanol–water partition coefficient (Wildman–Crippen LogP) is 2.85. The summed E-state index contributed by atoms with van der Waals surface area (Å²) in [5, 5.41) is 0.774. The maximum Gasteiger partial charge on any atom is 0.0901 e. The van der Waals surface area contributed by atoms with Gasteiger partial charge in [-0.3, -0.25) is 9.97 Å². The average Bonchev–Trinajstić information content (AvgIpc) is 2.17. The molecule has 2 nitrogen and oxygen atoms in total. The molecule has 1 aromatic heterocycles. The zero-order valence-electron chi connectivity index (χ0n) is 7.29. The number of aromatic nitrogens is 2. The molecule has 0 unspecified atom stereocenters. The molecule has 1 aromatic carbocycles. The second-order valence-corrected chi connectivity index (χ2v) is 3.25. The fraction of sp³-hybridized carbons (Fsp3) is 0.200. The van der Waals surface area contributed by atoms with Crippen molar-refractivity contribution in [3.05, 3.63) is 35.1 Å². The summed E-state index contributed by atoms with van der Waals surface area (Å²) in [6.07, 6.45) is 4.28. The number of hydrogen-bond donors (Lipinski definition) is 0. The molecule has 0 atom stereocenters. The van der Waals surface area contributed by atoms with E-state index in [9.17, 15) is 0 Å². The van der Waals surface area contributed by atoms with E-state index in [1.165, 1.54) is 0 Å². The number of rotatable bonds is 1. The molecule has 13 heavy (non-hydrogen) atoms. The molecular weight excluding hydrogens is 184 g/mol. The quantitative estimate of drug-likeness (QED) is 0.695. The zero-order valence-corrected chi connectivity index (χ0v) is 8.04. The normalized spacial score (nSPS) is 10.6. The van der Waals surface area contributed by atoms with Gasteiger partial charge >= 0.3 is 0 Å². The van der Waals surface area contributed by atoms with E-state index in [0.717, 1.165) is 28.0 Å². The van der Waals surface area contributed by atoms with Gasteiger partial charge in [0.1, 0.15) is 0 Å². The third-order valence-corrected chi connectivity index (χ3v) is 2.37. The number of fused-ring (bicyclic) bond motifs is 1. The first-order valence-electron chi connectivity index (χ1n) is 4.20. The standard InChI is InChI=1S/C10H9ClN2/c1-2-7-5-9-10(6-8(7)11)13-4-3-12-9/h3-6H,2H2,1H3. The number of benzene rings is 1. The van der Waals surface area contributed by atoms with Crippen LogP contribution in [0.3, 0.4) is 0 Å². The van der Waals surface area contributed by atoms with E-state index >= 15 is 0 Å². The maximum absolute atomic E-state index is 6.04. The zero-order chi connectivity index (χ0) is 9.26. The van der Waals surface area contributed by atoms with E-state index in [1.807, 2.05) is 12.1 Å². The Kier molecular flexibility index (Phi) is 2.15. The average molecular weight is 193 g/mol. The van der Waals surface area contributed by atoms with Gasteiger partial charge in [0, 0.05) is 17.4 Å². The van der Waals surface area contributed by atoms with Gasteiger partial charge in [-0.25, -0.2) is 0 Å². The molecule has 1 heterocycles. The highest BCUT2D eigenvalue weighted by Crippen LogP contribution is 2.21. The molecule has 0 saturated heterocycles. The van der Waals surface area contributed by atoms with Crippen molar-refractivity contribution in [1.82, 2.24) is 9.97 Å². The molecule has 0 spiro atoms. The topological polar surface area (TPSA) is 25.8 Å². The van der Waals surface area contributed by atoms with Crippen LogP contribution >= 0.6 is 11.6 Å². The lowest BCUT2D eigenvalue weighted by molar-refractivity contribution is 1.14. The Morgan fingerprint density at radius 2 is 1.77 bits per heavy atom. The Hall–Kier alpha value is -1.15. The minimum Gasteiger partial charge on any atom is -0.253 e. The van der Waals surface area contributed by atoms with E-state index in [1.54, 1.807) is 12.4 Å². The second kappa shape index (κ2) is 3.30. The predicted molar refractivity (Wildman–Crippen MR) is 53.9 cm³/mol. The summed E-state index contributed by atoms with van der Waals surface area (Å²) < 4.78 is 0. The van der Waals surface area contributed by atoms with Crippen LogP contribution in [0, 0.1) is 0 Å². The highest BCUT2D eigenvalue weighted by atomic mass is 35.5. The molecule has 0 aliphatic heterocycles. The van der Waals surface area contributed by atoms with Gasteiger partial charge in [-0.15, -0.1) is 0 Å². The van der Waals surface area contributed by atoms with Crippen LogP contribution in [0.2, 0.25) is 5.02 Å². The van der Waals surface area contributed by atoms with E-state index in [2.05, 4.69) is 16.9 Å². The minimum absolute atomic E-state index is 0.774. The van der Waals surface area contributed by atoms with Gasteiger partial charge < -0.3 is 0 Å². The summed E-state index contributed by atoms with van der Waals surface area (Å²) in [6, 6.07) is 3.85. The molecular formula is C10H9ClN2. The van der Waals surface area contributed by atoms with E-state index in [-0.39, 0.29) is 0 Å². The van der Waals surface area contributed by atoms with E-state index in [4.69, 9.17) is 11.6 Å². The van der Waals surface area contributed by atoms with Crippen LogP contribution in [0.4, 0.5) is 0 Å². The first-order valence-corrected chi connectivity index (χ1v) is 4.58. The summed E-state index contributed by atoms with van der Waals surface area (Å²) in [7, 11) is 0. The van der Waals surface area contributed by atoms with E-state index < -0.39 is 0 Å². The van der Waals surface area contributed by atoms with Crippen LogP contribution in [0.25, 0.3) is 11.0 Å². The Morgan fingerprint density at radius 3 is 2.38 bits per heavy atom. The lowest BCUT2D eigenvalue weighted by atomic mass is 10.1. The van der Waals surface area contributed by atoms with Crippen LogP contribution in [-0.2, 0) is 6.42 Å². The van der Waals surface area contributed by atoms with Crippen LogP contribution < -0.4 is 0 Å². The summed E-state index contributed by atoms with van der Waals surface area (Å²) in [5.41, 5.74) is 2.88. The molecule has 0 amide bonds. The van der Waals surface area contributed by atoms with Gasteiger partial charge in [-0.1, -0.05) is 18.5 Å². The maximum atomic E-state index is 6.04. The van der Waals surface area contributed by atoms with Gasteiger partial charge in [-0.05, 0) is 24.1 Å². The summed E-state index contributed by atoms with van der Waals surface area (Å²) in [4.78, 5) is 8.38. The van der Waals surface area contributed by atoms with Crippen molar-refractivity contribution in [3.63, 3.8) is 0 Å². The Balaban J connectivity index is 2.74. The molecule has 0 aliphatic carbocycles. The molecule has 0 radical (unpaired) electrons. The van der Waals surface area contributed by atoms with Gasteiger partial charge in [0.25, 0.3) is 0 Å². The fourth-order valence-corrected chi connectivity index (χ4v) is 1.59. The molecule has 0 aliphatic rings. The Morgan fingerprint density at radius 1 is 1.15 bits per heavy atom. The van der Waals surface area contributed by atoms with Crippen molar-refractivity contribution in [2.75, 3.05) is 0 Å². The summed E-state index contributed by atoms with van der Waals surface area (Å²) >= 11 is 6.04. The van der Waals surface area contributed by atoms with Crippen molar-refractivity contribution in [2.45, 2.75) is 13.3 Å². The molecule has 0 bridgehead atoms. The first kappa shape index (κ1) is 8.45. The van der Waals surface area contributed by atoms with Gasteiger partial charge in [0.15, 0.2) is 0 Å². The Bertz CT molecular complexity index is 440. The number of aryl methyl sites for hydroxylation is 1. The fourth-order valence-electron chi connectivity index (χ4n) is 1.30. The van der Waals surface area contributed by atoms with Crippen molar-refractivity contribution < 1.29 is 0 Å². The van der Waals surface area contributed by atoms with Crippen molar-refractivity contribution in [3.8, 4) is 0 Å². The second-order valence-electron chi connectivity index (χ2n) is 2.84. The van der Waals surface area contributed by atoms with Gasteiger partial charge in [0.05, 0.1) is 11.0 Å². The first-order chi connectivity index (χ1) is 6.31. The van der Waals surface area contributed by atoms with Gasteiger partial charge in [0.2, 0.25) is 0 Å². The number of hydrogen-bond acceptors (Lipinski definition) is 2. The molecule has 2 aromatic rings. The van der Waals surface area contributed by atoms with Crippen molar-refractivity contribution in [2.24, 2.45) is 0 Å². The number of nitrogens with zero attached hydrogens (tertiary/aromatic N) is 2. The monoisotopic (exact) mass is 192 g/mol. The van der Waals surface area contributed by atoms with Crippen LogP contribution in [0.1, 0.15) is 12.5 Å². The molecule has 66 valence electrons. The summed E-state index contributed by atoms with van der Waals surface area (Å²) in [5.74, 6) is 0. The molecule has 2 rings (SSSR count). The Labute approximate surface area is 81.6 Å². The van der Waals surface area contributed by atoms with Crippen molar-refractivity contribution in [1.29, 1.82) is 0 Å². The largest absolute Gasteiger partial charge is 0.253 e. The highest BCUT2D eigenvalue weighted by molar-refractivity contribution is 6.32. The minimum atomic E-state index is 0.774.